The molecule has 11 heteroatoms. The number of nitrogens with zero attached hydrogens (tertiary/aromatic N) is 2. The second-order valence-corrected chi connectivity index (χ2v) is 7.52. The average molecular weight is 380 g/mol. The Kier molecular flexibility index (Phi) is 5.00. The lowest BCUT2D eigenvalue weighted by Crippen LogP contribution is -2.43. The van der Waals surface area contributed by atoms with Crippen molar-refractivity contribution in [3.63, 3.8) is 0 Å². The third-order valence-corrected chi connectivity index (χ3v) is 5.25. The smallest absolute Gasteiger partial charge is 0.293 e. The van der Waals surface area contributed by atoms with Gasteiger partial charge in [-0.3, -0.25) is 20.3 Å². The maximum atomic E-state index is 12.2. The van der Waals surface area contributed by atoms with Gasteiger partial charge in [0.1, 0.15) is 5.69 Å². The van der Waals surface area contributed by atoms with E-state index in [1.165, 1.54) is 30.3 Å². The number of amides is 1. The number of sulfonamides is 1. The molecule has 1 aliphatic rings. The molecule has 0 unspecified atom stereocenters. The topological polar surface area (TPSA) is 144 Å². The van der Waals surface area contributed by atoms with Crippen LogP contribution < -0.4 is 10.3 Å². The van der Waals surface area contributed by atoms with E-state index in [9.17, 15) is 23.3 Å². The Morgan fingerprint density at radius 2 is 1.88 bits per heavy atom. The van der Waals surface area contributed by atoms with Crippen molar-refractivity contribution in [2.45, 2.75) is 30.8 Å². The Morgan fingerprint density at radius 1 is 1.23 bits per heavy atom. The number of nitrogens with one attached hydrogen (secondary N) is 2. The second-order valence-electron chi connectivity index (χ2n) is 5.91. The average Bonchev–Trinajstić information content (AvgIpc) is 3.31. The van der Waals surface area contributed by atoms with E-state index in [1.807, 2.05) is 4.83 Å². The first-order valence-electron chi connectivity index (χ1n) is 7.90. The van der Waals surface area contributed by atoms with Crippen LogP contribution in [0.15, 0.2) is 39.9 Å². The predicted octanol–water partition coefficient (Wildman–Crippen LogP) is 1.75. The molecule has 1 aromatic carbocycles. The van der Waals surface area contributed by atoms with Crippen molar-refractivity contribution >= 4 is 21.6 Å². The van der Waals surface area contributed by atoms with E-state index in [0.29, 0.717) is 5.56 Å². The zero-order chi connectivity index (χ0) is 18.7. The van der Waals surface area contributed by atoms with Crippen LogP contribution in [0.4, 0.5) is 5.69 Å². The molecule has 2 N–H and O–H groups in total. The maximum Gasteiger partial charge on any atom is 0.293 e. The summed E-state index contributed by atoms with van der Waals surface area (Å²) in [7, 11) is -4.11. The van der Waals surface area contributed by atoms with Crippen LogP contribution in [0.5, 0.6) is 0 Å². The van der Waals surface area contributed by atoms with Gasteiger partial charge in [0.2, 0.25) is 5.91 Å². The van der Waals surface area contributed by atoms with Crippen molar-refractivity contribution in [1.29, 1.82) is 0 Å². The van der Waals surface area contributed by atoms with Crippen LogP contribution in [-0.4, -0.2) is 24.4 Å². The van der Waals surface area contributed by atoms with Gasteiger partial charge in [0.15, 0.2) is 0 Å². The van der Waals surface area contributed by atoms with E-state index in [-0.39, 0.29) is 23.2 Å². The van der Waals surface area contributed by atoms with Gasteiger partial charge in [-0.1, -0.05) is 18.0 Å². The number of hydrazine groups is 1. The fourth-order valence-electron chi connectivity index (χ4n) is 2.73. The van der Waals surface area contributed by atoms with Gasteiger partial charge in [0.25, 0.3) is 20.8 Å². The van der Waals surface area contributed by atoms with Crippen molar-refractivity contribution in [2.24, 2.45) is 5.92 Å². The predicted molar refractivity (Wildman–Crippen MR) is 89.0 cm³/mol. The molecule has 1 aliphatic carbocycles. The number of carbonyl (C=O) groups is 1. The number of aromatic nitrogens is 1. The Balaban J connectivity index is 1.69. The number of nitro benzene ring substituents is 1. The van der Waals surface area contributed by atoms with E-state index in [4.69, 9.17) is 4.52 Å². The molecule has 1 fully saturated rings. The summed E-state index contributed by atoms with van der Waals surface area (Å²) in [4.78, 5) is 24.0. The molecular formula is C15H16N4O6S. The summed E-state index contributed by atoms with van der Waals surface area (Å²) in [5.41, 5.74) is 2.75. The van der Waals surface area contributed by atoms with Gasteiger partial charge < -0.3 is 4.52 Å². The number of benzene rings is 1. The summed E-state index contributed by atoms with van der Waals surface area (Å²) in [6.45, 7) is 0. The van der Waals surface area contributed by atoms with Crippen LogP contribution in [-0.2, 0) is 14.8 Å². The van der Waals surface area contributed by atoms with Crippen molar-refractivity contribution in [3.05, 3.63) is 40.4 Å². The number of rotatable bonds is 6. The van der Waals surface area contributed by atoms with Gasteiger partial charge in [-0.05, 0) is 25.0 Å². The van der Waals surface area contributed by atoms with Crippen LogP contribution in [0.2, 0.25) is 0 Å². The number of nitro groups is 1. The largest absolute Gasteiger partial charge is 0.342 e. The first-order valence-corrected chi connectivity index (χ1v) is 9.38. The van der Waals surface area contributed by atoms with Gasteiger partial charge >= 0.3 is 0 Å². The van der Waals surface area contributed by atoms with Gasteiger partial charge in [-0.15, -0.1) is 4.83 Å². The summed E-state index contributed by atoms with van der Waals surface area (Å²) in [5.74, 6) is -0.565. The summed E-state index contributed by atoms with van der Waals surface area (Å²) in [5, 5.41) is 13.8. The quantitative estimate of drug-likeness (QED) is 0.573. The highest BCUT2D eigenvalue weighted by Gasteiger charge is 2.26. The zero-order valence-electron chi connectivity index (χ0n) is 13.5. The normalized spacial score (nSPS) is 15.1. The standard InChI is InChI=1S/C15H16N4O6S/c20-15(11-3-1-2-4-11)16-18-26(23,24)14-9-13(17-25-14)10-5-7-12(8-6-10)19(21)22/h5-9,11,18H,1-4H2,(H,16,20). The Bertz CT molecular complexity index is 916. The molecule has 1 aromatic heterocycles. The maximum absolute atomic E-state index is 12.2. The molecule has 0 saturated heterocycles. The minimum absolute atomic E-state index is 0.0959. The van der Waals surface area contributed by atoms with Crippen LogP contribution >= 0.6 is 0 Å². The summed E-state index contributed by atoms with van der Waals surface area (Å²) in [6, 6.07) is 6.59. The third kappa shape index (κ3) is 3.89. The Labute approximate surface area is 148 Å². The highest BCUT2D eigenvalue weighted by molar-refractivity contribution is 7.89. The molecule has 138 valence electrons. The fraction of sp³-hybridized carbons (Fsp3) is 0.333. The third-order valence-electron chi connectivity index (χ3n) is 4.16. The lowest BCUT2D eigenvalue weighted by Gasteiger charge is -2.10. The van der Waals surface area contributed by atoms with Crippen molar-refractivity contribution in [1.82, 2.24) is 15.4 Å². The molecule has 0 atom stereocenters. The molecule has 0 spiro atoms. The summed E-state index contributed by atoms with van der Waals surface area (Å²) >= 11 is 0. The molecule has 3 rings (SSSR count). The van der Waals surface area contributed by atoms with E-state index >= 15 is 0 Å². The lowest BCUT2D eigenvalue weighted by molar-refractivity contribution is -0.384. The van der Waals surface area contributed by atoms with E-state index in [1.54, 1.807) is 0 Å². The van der Waals surface area contributed by atoms with Crippen molar-refractivity contribution in [2.75, 3.05) is 0 Å². The molecule has 1 heterocycles. The second kappa shape index (κ2) is 7.22. The fourth-order valence-corrected chi connectivity index (χ4v) is 3.47. The Hall–Kier alpha value is -2.79. The van der Waals surface area contributed by atoms with Crippen LogP contribution in [0, 0.1) is 16.0 Å². The highest BCUT2D eigenvalue weighted by atomic mass is 32.2. The van der Waals surface area contributed by atoms with Crippen LogP contribution in [0.25, 0.3) is 11.3 Å². The molecule has 26 heavy (non-hydrogen) atoms. The van der Waals surface area contributed by atoms with Gasteiger partial charge in [0, 0.05) is 29.7 Å². The van der Waals surface area contributed by atoms with Gasteiger partial charge in [-0.25, -0.2) is 8.42 Å². The van der Waals surface area contributed by atoms with Gasteiger partial charge in [0.05, 0.1) is 4.92 Å². The lowest BCUT2D eigenvalue weighted by atomic mass is 10.1. The number of carbonyl (C=O) groups excluding carboxylic acids is 1. The highest BCUT2D eigenvalue weighted by Crippen LogP contribution is 2.25. The SMILES string of the molecule is O=C(NNS(=O)(=O)c1cc(-c2ccc([N+](=O)[O-])cc2)no1)C1CCCC1. The number of non-ortho nitro benzene ring substituents is 1. The molecular weight excluding hydrogens is 364 g/mol. The molecule has 0 aliphatic heterocycles. The zero-order valence-corrected chi connectivity index (χ0v) is 14.4. The van der Waals surface area contributed by atoms with E-state index in [2.05, 4.69) is 10.6 Å². The molecule has 0 bridgehead atoms. The molecule has 0 radical (unpaired) electrons. The summed E-state index contributed by atoms with van der Waals surface area (Å²) in [6.07, 6.45) is 3.37. The summed E-state index contributed by atoms with van der Waals surface area (Å²) < 4.78 is 29.2. The molecule has 2 aromatic rings. The molecule has 1 saturated carbocycles. The first-order chi connectivity index (χ1) is 12.4. The van der Waals surface area contributed by atoms with E-state index in [0.717, 1.165) is 25.7 Å². The molecule has 10 nitrogen and oxygen atoms in total. The van der Waals surface area contributed by atoms with Crippen molar-refractivity contribution < 1.29 is 22.7 Å². The van der Waals surface area contributed by atoms with E-state index < -0.39 is 20.0 Å². The Morgan fingerprint density at radius 3 is 2.50 bits per heavy atom. The minimum Gasteiger partial charge on any atom is -0.342 e. The van der Waals surface area contributed by atoms with Gasteiger partial charge in [-0.2, -0.15) is 0 Å². The number of hydrogen-bond donors (Lipinski definition) is 2. The van der Waals surface area contributed by atoms with Crippen LogP contribution in [0.1, 0.15) is 25.7 Å². The van der Waals surface area contributed by atoms with Crippen molar-refractivity contribution in [3.8, 4) is 11.3 Å². The first kappa shape index (κ1) is 18.0. The minimum atomic E-state index is -4.11. The molecule has 1 amide bonds. The number of hydrogen-bond acceptors (Lipinski definition) is 7. The monoisotopic (exact) mass is 380 g/mol. The van der Waals surface area contributed by atoms with Crippen LogP contribution in [0.3, 0.4) is 0 Å².